The number of esters is 1. The Bertz CT molecular complexity index is 599. The highest BCUT2D eigenvalue weighted by Gasteiger charge is 2.17. The van der Waals surface area contributed by atoms with Gasteiger partial charge in [0, 0.05) is 17.6 Å². The molecule has 0 atom stereocenters. The smallest absolute Gasteiger partial charge is 0.307 e. The number of hydrogen-bond acceptors (Lipinski definition) is 5. The van der Waals surface area contributed by atoms with Crippen molar-refractivity contribution in [2.24, 2.45) is 0 Å². The van der Waals surface area contributed by atoms with Gasteiger partial charge in [-0.15, -0.1) is 11.3 Å². The van der Waals surface area contributed by atoms with Crippen molar-refractivity contribution in [2.75, 3.05) is 13.7 Å². The van der Waals surface area contributed by atoms with Crippen molar-refractivity contribution in [3.05, 3.63) is 52.5 Å². The summed E-state index contributed by atoms with van der Waals surface area (Å²) >= 11 is 1.55. The van der Waals surface area contributed by atoms with E-state index in [1.165, 1.54) is 7.11 Å². The average Bonchev–Trinajstić information content (AvgIpc) is 3.04. The van der Waals surface area contributed by atoms with Crippen molar-refractivity contribution in [1.29, 1.82) is 0 Å². The minimum Gasteiger partial charge on any atom is -0.469 e. The first-order valence-electron chi connectivity index (χ1n) is 6.96. The Morgan fingerprint density at radius 1 is 1.27 bits per heavy atom. The third-order valence-electron chi connectivity index (χ3n) is 3.15. The van der Waals surface area contributed by atoms with E-state index in [1.54, 1.807) is 22.4 Å². The van der Waals surface area contributed by atoms with E-state index < -0.39 is 0 Å². The van der Waals surface area contributed by atoms with Crippen molar-refractivity contribution in [3.8, 4) is 0 Å². The highest BCUT2D eigenvalue weighted by atomic mass is 32.1. The molecule has 2 aromatic rings. The zero-order valence-corrected chi connectivity index (χ0v) is 13.2. The molecule has 6 heteroatoms. The highest BCUT2D eigenvalue weighted by Crippen LogP contribution is 2.12. The molecule has 0 fully saturated rings. The van der Waals surface area contributed by atoms with Crippen LogP contribution in [0.25, 0.3) is 0 Å². The molecule has 0 aromatic carbocycles. The van der Waals surface area contributed by atoms with Crippen LogP contribution in [0.15, 0.2) is 41.9 Å². The van der Waals surface area contributed by atoms with Crippen LogP contribution in [-0.4, -0.2) is 35.4 Å². The third-order valence-corrected chi connectivity index (χ3v) is 4.03. The second-order valence-corrected chi connectivity index (χ2v) is 5.75. The number of pyridine rings is 1. The number of hydrogen-bond donors (Lipinski definition) is 0. The largest absolute Gasteiger partial charge is 0.469 e. The van der Waals surface area contributed by atoms with E-state index in [4.69, 9.17) is 0 Å². The van der Waals surface area contributed by atoms with Crippen molar-refractivity contribution in [3.63, 3.8) is 0 Å². The number of nitrogens with zero attached hydrogens (tertiary/aromatic N) is 2. The molecule has 5 nitrogen and oxygen atoms in total. The van der Waals surface area contributed by atoms with Crippen LogP contribution in [0.1, 0.15) is 17.0 Å². The summed E-state index contributed by atoms with van der Waals surface area (Å²) in [5.41, 5.74) is 0.798. The zero-order valence-electron chi connectivity index (χ0n) is 12.4. The first-order valence-corrected chi connectivity index (χ1v) is 7.84. The number of thiophene rings is 1. The fraction of sp³-hybridized carbons (Fsp3) is 0.312. The van der Waals surface area contributed by atoms with Gasteiger partial charge in [0.15, 0.2) is 0 Å². The lowest BCUT2D eigenvalue weighted by Gasteiger charge is -2.21. The van der Waals surface area contributed by atoms with E-state index in [1.807, 2.05) is 35.7 Å². The quantitative estimate of drug-likeness (QED) is 0.735. The van der Waals surface area contributed by atoms with Crippen LogP contribution in [0.2, 0.25) is 0 Å². The second-order valence-electron chi connectivity index (χ2n) is 4.72. The van der Waals surface area contributed by atoms with Gasteiger partial charge in [0.05, 0.1) is 32.2 Å². The average molecular weight is 318 g/mol. The van der Waals surface area contributed by atoms with Crippen LogP contribution < -0.4 is 0 Å². The fourth-order valence-corrected chi connectivity index (χ4v) is 2.68. The minimum atomic E-state index is -0.324. The predicted molar refractivity (Wildman–Crippen MR) is 84.3 cm³/mol. The molecule has 116 valence electrons. The van der Waals surface area contributed by atoms with Gasteiger partial charge >= 0.3 is 5.97 Å². The normalized spacial score (nSPS) is 10.2. The lowest BCUT2D eigenvalue weighted by Crippen LogP contribution is -2.34. The monoisotopic (exact) mass is 318 g/mol. The van der Waals surface area contributed by atoms with E-state index in [-0.39, 0.29) is 18.3 Å². The zero-order chi connectivity index (χ0) is 15.8. The van der Waals surface area contributed by atoms with Crippen LogP contribution in [0.3, 0.4) is 0 Å². The van der Waals surface area contributed by atoms with Crippen LogP contribution in [0, 0.1) is 0 Å². The molecule has 0 aliphatic carbocycles. The summed E-state index contributed by atoms with van der Waals surface area (Å²) in [5, 5.41) is 1.94. The van der Waals surface area contributed by atoms with Crippen molar-refractivity contribution in [1.82, 2.24) is 9.88 Å². The molecule has 0 aliphatic rings. The fourth-order valence-electron chi connectivity index (χ4n) is 1.98. The van der Waals surface area contributed by atoms with E-state index in [0.717, 1.165) is 10.6 Å². The SMILES string of the molecule is COC(=O)CCN(Cc1ccccn1)C(=O)Cc1cccs1. The Labute approximate surface area is 133 Å². The molecule has 2 rings (SSSR count). The Balaban J connectivity index is 2.02. The third kappa shape index (κ3) is 4.96. The minimum absolute atomic E-state index is 0.0167. The van der Waals surface area contributed by atoms with E-state index in [0.29, 0.717) is 19.5 Å². The number of amides is 1. The van der Waals surface area contributed by atoms with E-state index in [2.05, 4.69) is 9.72 Å². The molecule has 2 heterocycles. The Kier molecular flexibility index (Phi) is 6.09. The first kappa shape index (κ1) is 16.2. The molecule has 0 saturated carbocycles. The molecule has 2 aromatic heterocycles. The molecular formula is C16H18N2O3S. The van der Waals surface area contributed by atoms with Crippen LogP contribution in [0.5, 0.6) is 0 Å². The number of ether oxygens (including phenoxy) is 1. The number of rotatable bonds is 7. The van der Waals surface area contributed by atoms with Gasteiger partial charge in [-0.2, -0.15) is 0 Å². The molecular weight excluding hydrogens is 300 g/mol. The van der Waals surface area contributed by atoms with Crippen LogP contribution in [-0.2, 0) is 27.3 Å². The molecule has 0 radical (unpaired) electrons. The maximum absolute atomic E-state index is 12.5. The van der Waals surface area contributed by atoms with Crippen molar-refractivity contribution >= 4 is 23.2 Å². The summed E-state index contributed by atoms with van der Waals surface area (Å²) in [6.45, 7) is 0.718. The second kappa shape index (κ2) is 8.29. The van der Waals surface area contributed by atoms with Gasteiger partial charge in [0.2, 0.25) is 5.91 Å². The molecule has 1 amide bonds. The summed E-state index contributed by atoms with van der Waals surface area (Å²) in [7, 11) is 1.35. The standard InChI is InChI=1S/C16H18N2O3S/c1-21-16(20)7-9-18(12-13-5-2-3-8-17-13)15(19)11-14-6-4-10-22-14/h2-6,8,10H,7,9,11-12H2,1H3. The maximum atomic E-state index is 12.5. The van der Waals surface area contributed by atoms with Crippen molar-refractivity contribution in [2.45, 2.75) is 19.4 Å². The summed E-state index contributed by atoms with van der Waals surface area (Å²) in [6.07, 6.45) is 2.21. The molecule has 0 saturated heterocycles. The molecule has 0 unspecified atom stereocenters. The number of methoxy groups -OCH3 is 1. The lowest BCUT2D eigenvalue weighted by atomic mass is 10.2. The van der Waals surface area contributed by atoms with Gasteiger partial charge in [-0.1, -0.05) is 12.1 Å². The Hall–Kier alpha value is -2.21. The predicted octanol–water partition coefficient (Wildman–Crippen LogP) is 2.28. The van der Waals surface area contributed by atoms with E-state index in [9.17, 15) is 9.59 Å². The topological polar surface area (TPSA) is 59.5 Å². The maximum Gasteiger partial charge on any atom is 0.307 e. The summed E-state index contributed by atoms with van der Waals surface area (Å²) in [4.78, 5) is 30.7. The number of aromatic nitrogens is 1. The molecule has 0 aliphatic heterocycles. The molecule has 0 spiro atoms. The number of carbonyl (C=O) groups is 2. The van der Waals surface area contributed by atoms with Gasteiger partial charge in [-0.05, 0) is 23.6 Å². The first-order chi connectivity index (χ1) is 10.7. The van der Waals surface area contributed by atoms with Crippen molar-refractivity contribution < 1.29 is 14.3 Å². The van der Waals surface area contributed by atoms with Crippen LogP contribution in [0.4, 0.5) is 0 Å². The van der Waals surface area contributed by atoms with E-state index >= 15 is 0 Å². The van der Waals surface area contributed by atoms with Gasteiger partial charge in [0.1, 0.15) is 0 Å². The van der Waals surface area contributed by atoms with Gasteiger partial charge in [-0.25, -0.2) is 0 Å². The van der Waals surface area contributed by atoms with Gasteiger partial charge < -0.3 is 9.64 Å². The Morgan fingerprint density at radius 2 is 2.14 bits per heavy atom. The lowest BCUT2D eigenvalue weighted by molar-refractivity contribution is -0.141. The molecule has 0 N–H and O–H groups in total. The molecule has 0 bridgehead atoms. The summed E-state index contributed by atoms with van der Waals surface area (Å²) < 4.78 is 4.65. The summed E-state index contributed by atoms with van der Waals surface area (Å²) in [6, 6.07) is 9.43. The number of carbonyl (C=O) groups excluding carboxylic acids is 2. The van der Waals surface area contributed by atoms with Crippen LogP contribution >= 0.6 is 11.3 Å². The molecule has 22 heavy (non-hydrogen) atoms. The van der Waals surface area contributed by atoms with Gasteiger partial charge in [0.25, 0.3) is 0 Å². The summed E-state index contributed by atoms with van der Waals surface area (Å²) in [5.74, 6) is -0.341. The Morgan fingerprint density at radius 3 is 2.77 bits per heavy atom. The highest BCUT2D eigenvalue weighted by molar-refractivity contribution is 7.10. The van der Waals surface area contributed by atoms with Gasteiger partial charge in [-0.3, -0.25) is 14.6 Å².